The van der Waals surface area contributed by atoms with E-state index in [-0.39, 0.29) is 0 Å². The summed E-state index contributed by atoms with van der Waals surface area (Å²) in [7, 11) is 0. The normalized spacial score (nSPS) is 10.5. The average molecular weight is 320 g/mol. The summed E-state index contributed by atoms with van der Waals surface area (Å²) in [5, 5.41) is 0. The molecular formula is C20H20N2O2. The van der Waals surface area contributed by atoms with Gasteiger partial charge in [-0.25, -0.2) is 0 Å². The van der Waals surface area contributed by atoms with Gasteiger partial charge >= 0.3 is 0 Å². The molecule has 2 N–H and O–H groups in total. The van der Waals surface area contributed by atoms with Crippen molar-refractivity contribution in [1.82, 2.24) is 4.98 Å². The Kier molecular flexibility index (Phi) is 5.43. The van der Waals surface area contributed by atoms with Gasteiger partial charge in [0.1, 0.15) is 12.4 Å². The molecule has 0 fully saturated rings. The Balaban J connectivity index is 1.53. The summed E-state index contributed by atoms with van der Waals surface area (Å²) in [6, 6.07) is 19.8. The molecule has 4 heteroatoms. The van der Waals surface area contributed by atoms with Gasteiger partial charge in [0.05, 0.1) is 18.9 Å². The summed E-state index contributed by atoms with van der Waals surface area (Å²) in [4.78, 5) is 4.03. The maximum absolute atomic E-state index is 6.00. The number of ether oxygens (including phenoxy) is 2. The Morgan fingerprint density at radius 1 is 0.833 bits per heavy atom. The number of nitrogen functional groups attached to an aromatic ring is 1. The van der Waals surface area contributed by atoms with E-state index in [1.54, 1.807) is 12.4 Å². The third-order valence-electron chi connectivity index (χ3n) is 3.62. The molecule has 3 rings (SSSR count). The first-order valence-electron chi connectivity index (χ1n) is 7.87. The van der Waals surface area contributed by atoms with Crippen LogP contribution < -0.4 is 10.5 Å². The number of pyridine rings is 1. The Morgan fingerprint density at radius 2 is 1.62 bits per heavy atom. The average Bonchev–Trinajstić information content (AvgIpc) is 2.64. The molecule has 1 aromatic heterocycles. The molecule has 0 aliphatic rings. The minimum absolute atomic E-state index is 0.455. The van der Waals surface area contributed by atoms with Crippen molar-refractivity contribution in [3.05, 3.63) is 78.6 Å². The summed E-state index contributed by atoms with van der Waals surface area (Å²) in [5.41, 5.74) is 9.89. The van der Waals surface area contributed by atoms with Crippen LogP contribution in [0.15, 0.2) is 73.1 Å². The quantitative estimate of drug-likeness (QED) is 0.529. The van der Waals surface area contributed by atoms with Crippen LogP contribution in [0.25, 0.3) is 11.1 Å². The predicted octanol–water partition coefficient (Wildman–Crippen LogP) is 3.93. The number of aromatic nitrogens is 1. The first-order valence-corrected chi connectivity index (χ1v) is 7.87. The van der Waals surface area contributed by atoms with Gasteiger partial charge < -0.3 is 15.2 Å². The van der Waals surface area contributed by atoms with E-state index in [1.165, 1.54) is 0 Å². The van der Waals surface area contributed by atoms with Crippen LogP contribution in [-0.2, 0) is 11.3 Å². The molecule has 1 heterocycles. The summed E-state index contributed by atoms with van der Waals surface area (Å²) in [6.45, 7) is 1.54. The van der Waals surface area contributed by atoms with E-state index in [0.717, 1.165) is 16.7 Å². The summed E-state index contributed by atoms with van der Waals surface area (Å²) < 4.78 is 11.4. The van der Waals surface area contributed by atoms with Gasteiger partial charge in [0.15, 0.2) is 0 Å². The lowest BCUT2D eigenvalue weighted by atomic mass is 10.1. The summed E-state index contributed by atoms with van der Waals surface area (Å²) >= 11 is 0. The van der Waals surface area contributed by atoms with Crippen LogP contribution >= 0.6 is 0 Å². The minimum Gasteiger partial charge on any atom is -0.489 e. The summed E-state index contributed by atoms with van der Waals surface area (Å²) in [6.07, 6.45) is 3.54. The van der Waals surface area contributed by atoms with Crippen LogP contribution in [0.1, 0.15) is 5.56 Å². The Labute approximate surface area is 141 Å². The molecule has 0 aliphatic carbocycles. The van der Waals surface area contributed by atoms with E-state index >= 15 is 0 Å². The third-order valence-corrected chi connectivity index (χ3v) is 3.62. The van der Waals surface area contributed by atoms with Crippen molar-refractivity contribution in [1.29, 1.82) is 0 Å². The van der Waals surface area contributed by atoms with Crippen molar-refractivity contribution in [3.8, 4) is 16.9 Å². The van der Waals surface area contributed by atoms with Gasteiger partial charge in [0, 0.05) is 12.4 Å². The fourth-order valence-electron chi connectivity index (χ4n) is 2.36. The fourth-order valence-corrected chi connectivity index (χ4v) is 2.36. The molecule has 24 heavy (non-hydrogen) atoms. The molecule has 0 atom stereocenters. The lowest BCUT2D eigenvalue weighted by molar-refractivity contribution is 0.0892. The first-order chi connectivity index (χ1) is 11.8. The van der Waals surface area contributed by atoms with Crippen LogP contribution in [0, 0.1) is 0 Å². The highest BCUT2D eigenvalue weighted by molar-refractivity contribution is 5.69. The van der Waals surface area contributed by atoms with Crippen LogP contribution in [0.3, 0.4) is 0 Å². The number of rotatable bonds is 7. The van der Waals surface area contributed by atoms with E-state index < -0.39 is 0 Å². The highest BCUT2D eigenvalue weighted by atomic mass is 16.5. The van der Waals surface area contributed by atoms with Gasteiger partial charge in [-0.1, -0.05) is 36.4 Å². The monoisotopic (exact) mass is 320 g/mol. The van der Waals surface area contributed by atoms with Gasteiger partial charge in [-0.2, -0.15) is 0 Å². The number of anilines is 1. The summed E-state index contributed by atoms with van der Waals surface area (Å²) in [5.74, 6) is 0.674. The highest BCUT2D eigenvalue weighted by Crippen LogP contribution is 2.28. The van der Waals surface area contributed by atoms with Crippen LogP contribution in [0.2, 0.25) is 0 Å². The Morgan fingerprint density at radius 3 is 2.42 bits per heavy atom. The number of hydrogen-bond donors (Lipinski definition) is 1. The van der Waals surface area contributed by atoms with Crippen molar-refractivity contribution in [2.45, 2.75) is 6.61 Å². The second kappa shape index (κ2) is 8.13. The van der Waals surface area contributed by atoms with Crippen molar-refractivity contribution in [2.75, 3.05) is 18.9 Å². The Hall–Kier alpha value is -2.85. The zero-order valence-electron chi connectivity index (χ0n) is 13.4. The fraction of sp³-hybridized carbons (Fsp3) is 0.150. The Bertz CT molecular complexity index is 761. The largest absolute Gasteiger partial charge is 0.489 e. The van der Waals surface area contributed by atoms with Gasteiger partial charge in [-0.05, 0) is 41.0 Å². The van der Waals surface area contributed by atoms with E-state index in [0.29, 0.717) is 31.3 Å². The van der Waals surface area contributed by atoms with Crippen molar-refractivity contribution < 1.29 is 9.47 Å². The minimum atomic E-state index is 0.455. The van der Waals surface area contributed by atoms with Crippen molar-refractivity contribution >= 4 is 5.69 Å². The maximum atomic E-state index is 6.00. The van der Waals surface area contributed by atoms with Crippen LogP contribution in [0.4, 0.5) is 5.69 Å². The molecule has 4 nitrogen and oxygen atoms in total. The SMILES string of the molecule is Nc1ccc(-c2ccncc2)cc1OCCOCc1ccccc1. The number of nitrogens with zero attached hydrogens (tertiary/aromatic N) is 1. The molecular weight excluding hydrogens is 300 g/mol. The second-order valence-corrected chi connectivity index (χ2v) is 5.38. The molecule has 0 saturated carbocycles. The van der Waals surface area contributed by atoms with Crippen LogP contribution in [0.5, 0.6) is 5.75 Å². The van der Waals surface area contributed by atoms with E-state index in [2.05, 4.69) is 4.98 Å². The number of nitrogens with two attached hydrogens (primary N) is 1. The molecule has 122 valence electrons. The predicted molar refractivity (Wildman–Crippen MR) is 95.7 cm³/mol. The maximum Gasteiger partial charge on any atom is 0.142 e. The molecule has 2 aromatic carbocycles. The lowest BCUT2D eigenvalue weighted by Crippen LogP contribution is -2.08. The van der Waals surface area contributed by atoms with E-state index in [9.17, 15) is 0 Å². The smallest absolute Gasteiger partial charge is 0.142 e. The second-order valence-electron chi connectivity index (χ2n) is 5.38. The van der Waals surface area contributed by atoms with Crippen molar-refractivity contribution in [3.63, 3.8) is 0 Å². The first kappa shape index (κ1) is 16.0. The molecule has 0 saturated heterocycles. The third kappa shape index (κ3) is 4.33. The van der Waals surface area contributed by atoms with E-state index in [4.69, 9.17) is 15.2 Å². The standard InChI is InChI=1S/C20H20N2O2/c21-19-7-6-18(17-8-10-22-11-9-17)14-20(19)24-13-12-23-15-16-4-2-1-3-5-16/h1-11,14H,12-13,15,21H2. The zero-order valence-corrected chi connectivity index (χ0v) is 13.4. The van der Waals surface area contributed by atoms with Gasteiger partial charge in [0.25, 0.3) is 0 Å². The van der Waals surface area contributed by atoms with Gasteiger partial charge in [-0.3, -0.25) is 4.98 Å². The highest BCUT2D eigenvalue weighted by Gasteiger charge is 2.04. The van der Waals surface area contributed by atoms with Crippen molar-refractivity contribution in [2.24, 2.45) is 0 Å². The number of benzene rings is 2. The van der Waals surface area contributed by atoms with E-state index in [1.807, 2.05) is 60.7 Å². The van der Waals surface area contributed by atoms with Gasteiger partial charge in [-0.15, -0.1) is 0 Å². The topological polar surface area (TPSA) is 57.4 Å². The number of hydrogen-bond acceptors (Lipinski definition) is 4. The molecule has 0 spiro atoms. The lowest BCUT2D eigenvalue weighted by Gasteiger charge is -2.11. The molecule has 3 aromatic rings. The molecule has 0 radical (unpaired) electrons. The molecule has 0 aliphatic heterocycles. The zero-order chi connectivity index (χ0) is 16.6. The van der Waals surface area contributed by atoms with Crippen LogP contribution in [-0.4, -0.2) is 18.2 Å². The molecule has 0 unspecified atom stereocenters. The molecule has 0 bridgehead atoms. The van der Waals surface area contributed by atoms with Gasteiger partial charge in [0.2, 0.25) is 0 Å². The molecule has 0 amide bonds.